The first kappa shape index (κ1) is 24.8. The number of rotatable bonds is 9. The molecule has 0 fully saturated rings. The first-order valence-electron chi connectivity index (χ1n) is 10.7. The largest absolute Gasteiger partial charge is 0.478 e. The van der Waals surface area contributed by atoms with Crippen molar-refractivity contribution in [3.63, 3.8) is 0 Å². The third-order valence-corrected chi connectivity index (χ3v) is 5.38. The summed E-state index contributed by atoms with van der Waals surface area (Å²) in [6.07, 6.45) is -0.466. The van der Waals surface area contributed by atoms with Crippen molar-refractivity contribution in [1.82, 2.24) is 0 Å². The molecule has 0 heterocycles. The maximum atomic E-state index is 12.8. The molecule has 3 N–H and O–H groups in total. The summed E-state index contributed by atoms with van der Waals surface area (Å²) in [7, 11) is 4.97. The van der Waals surface area contributed by atoms with E-state index in [9.17, 15) is 14.7 Å². The van der Waals surface area contributed by atoms with E-state index in [4.69, 9.17) is 9.47 Å². The molecule has 8 heteroatoms. The molecule has 3 aromatic carbocycles. The van der Waals surface area contributed by atoms with Crippen molar-refractivity contribution in [2.45, 2.75) is 13.2 Å². The van der Waals surface area contributed by atoms with E-state index in [2.05, 4.69) is 10.6 Å². The molecule has 34 heavy (non-hydrogen) atoms. The summed E-state index contributed by atoms with van der Waals surface area (Å²) in [6, 6.07) is 19.2. The number of carbonyl (C=O) groups excluding carboxylic acids is 1. The van der Waals surface area contributed by atoms with Crippen LogP contribution < -0.4 is 15.5 Å². The molecule has 0 aliphatic carbocycles. The highest BCUT2D eigenvalue weighted by Crippen LogP contribution is 2.33. The van der Waals surface area contributed by atoms with Gasteiger partial charge in [0.25, 0.3) is 0 Å². The predicted molar refractivity (Wildman–Crippen MR) is 134 cm³/mol. The Kier molecular flexibility index (Phi) is 8.24. The van der Waals surface area contributed by atoms with Gasteiger partial charge in [-0.3, -0.25) is 0 Å². The molecular weight excluding hydrogens is 434 g/mol. The Hall–Kier alpha value is -3.88. The maximum Gasteiger partial charge on any atom is 0.336 e. The average Bonchev–Trinajstić information content (AvgIpc) is 2.83. The van der Waals surface area contributed by atoms with Gasteiger partial charge >= 0.3 is 12.0 Å². The minimum atomic E-state index is -1.02. The number of amides is 2. The summed E-state index contributed by atoms with van der Waals surface area (Å²) in [5.74, 6) is -1.02. The van der Waals surface area contributed by atoms with Gasteiger partial charge < -0.3 is 30.1 Å². The van der Waals surface area contributed by atoms with E-state index in [-0.39, 0.29) is 5.56 Å². The van der Waals surface area contributed by atoms with E-state index in [1.54, 1.807) is 44.6 Å². The number of hydrogen-bond acceptors (Lipinski definition) is 5. The molecule has 0 unspecified atom stereocenters. The summed E-state index contributed by atoms with van der Waals surface area (Å²) in [4.78, 5) is 26.4. The molecule has 0 aromatic heterocycles. The van der Waals surface area contributed by atoms with Crippen LogP contribution in [0.3, 0.4) is 0 Å². The predicted octanol–water partition coefficient (Wildman–Crippen LogP) is 5.06. The molecule has 0 bridgehead atoms. The minimum Gasteiger partial charge on any atom is -0.478 e. The number of anilines is 3. The Morgan fingerprint density at radius 1 is 0.971 bits per heavy atom. The van der Waals surface area contributed by atoms with E-state index < -0.39 is 18.3 Å². The van der Waals surface area contributed by atoms with Crippen molar-refractivity contribution in [2.75, 3.05) is 43.3 Å². The van der Waals surface area contributed by atoms with E-state index in [0.717, 1.165) is 11.3 Å². The molecule has 0 aliphatic rings. The van der Waals surface area contributed by atoms with Gasteiger partial charge in [-0.1, -0.05) is 42.0 Å². The van der Waals surface area contributed by atoms with Gasteiger partial charge in [-0.25, -0.2) is 9.59 Å². The van der Waals surface area contributed by atoms with E-state index in [0.29, 0.717) is 29.0 Å². The number of nitrogens with one attached hydrogen (secondary N) is 2. The topological polar surface area (TPSA) is 100 Å². The van der Waals surface area contributed by atoms with Crippen molar-refractivity contribution in [1.29, 1.82) is 0 Å². The van der Waals surface area contributed by atoms with Gasteiger partial charge in [-0.05, 0) is 48.4 Å². The smallest absolute Gasteiger partial charge is 0.336 e. The van der Waals surface area contributed by atoms with Gasteiger partial charge in [0.15, 0.2) is 6.29 Å². The van der Waals surface area contributed by atoms with Crippen LogP contribution in [-0.2, 0) is 9.47 Å². The zero-order valence-corrected chi connectivity index (χ0v) is 19.7. The van der Waals surface area contributed by atoms with Crippen LogP contribution in [0.4, 0.5) is 21.9 Å². The van der Waals surface area contributed by atoms with Crippen molar-refractivity contribution < 1.29 is 24.2 Å². The Bertz CT molecular complexity index is 1140. The number of aromatic carboxylic acids is 1. The van der Waals surface area contributed by atoms with Crippen molar-refractivity contribution in [3.05, 3.63) is 77.9 Å². The number of carboxylic acid groups (broad SMARTS) is 1. The van der Waals surface area contributed by atoms with Crippen LogP contribution in [0.15, 0.2) is 66.7 Å². The normalized spacial score (nSPS) is 10.7. The molecule has 178 valence electrons. The average molecular weight is 464 g/mol. The molecule has 0 atom stereocenters. The highest BCUT2D eigenvalue weighted by atomic mass is 16.7. The third-order valence-electron chi connectivity index (χ3n) is 5.38. The van der Waals surface area contributed by atoms with Crippen LogP contribution in [0.25, 0.3) is 11.1 Å². The molecule has 3 rings (SSSR count). The number of likely N-dealkylation sites (N-methyl/N-ethyl adjacent to an activating group) is 1. The molecule has 2 amide bonds. The summed E-state index contributed by atoms with van der Waals surface area (Å²) >= 11 is 0. The number of urea groups is 1. The first-order valence-corrected chi connectivity index (χ1v) is 10.7. The van der Waals surface area contributed by atoms with Crippen LogP contribution in [0.2, 0.25) is 0 Å². The van der Waals surface area contributed by atoms with Crippen molar-refractivity contribution >= 4 is 29.1 Å². The SMILES string of the molecule is COC(CN(C)c1ccc(-c2ccccc2C(=O)O)cc1NC(=O)Nc1ccc(C)cc1)OC. The molecule has 3 aromatic rings. The molecule has 8 nitrogen and oxygen atoms in total. The quantitative estimate of drug-likeness (QED) is 0.384. The zero-order valence-electron chi connectivity index (χ0n) is 19.7. The highest BCUT2D eigenvalue weighted by Gasteiger charge is 2.18. The van der Waals surface area contributed by atoms with Gasteiger partial charge in [-0.2, -0.15) is 0 Å². The third kappa shape index (κ3) is 6.12. The summed E-state index contributed by atoms with van der Waals surface area (Å²) < 4.78 is 10.6. The van der Waals surface area contributed by atoms with Crippen molar-refractivity contribution in [3.8, 4) is 11.1 Å². The second kappa shape index (κ2) is 11.3. The zero-order chi connectivity index (χ0) is 24.7. The highest BCUT2D eigenvalue weighted by molar-refractivity contribution is 6.03. The standard InChI is InChI=1S/C26H29N3O5/c1-17-9-12-19(13-10-17)27-26(32)28-22-15-18(20-7-5-6-8-21(20)25(30)31)11-14-23(22)29(2)16-24(33-3)34-4/h5-15,24H,16H2,1-4H3,(H,30,31)(H2,27,28,32). The Morgan fingerprint density at radius 2 is 1.65 bits per heavy atom. The number of ether oxygens (including phenoxy) is 2. The number of aryl methyl sites for hydroxylation is 1. The molecule has 0 saturated heterocycles. The lowest BCUT2D eigenvalue weighted by Gasteiger charge is -2.26. The van der Waals surface area contributed by atoms with Gasteiger partial charge in [0.05, 0.1) is 23.5 Å². The fourth-order valence-electron chi connectivity index (χ4n) is 3.55. The lowest BCUT2D eigenvalue weighted by Crippen LogP contribution is -2.32. The molecule has 0 aliphatic heterocycles. The van der Waals surface area contributed by atoms with Crippen LogP contribution in [-0.4, -0.2) is 51.2 Å². The summed E-state index contributed by atoms with van der Waals surface area (Å²) in [5.41, 5.74) is 4.37. The van der Waals surface area contributed by atoms with Gasteiger partial charge in [0, 0.05) is 27.0 Å². The van der Waals surface area contributed by atoms with Crippen molar-refractivity contribution in [2.24, 2.45) is 0 Å². The lowest BCUT2D eigenvalue weighted by molar-refractivity contribution is -0.0944. The van der Waals surface area contributed by atoms with Crippen LogP contribution in [0, 0.1) is 6.92 Å². The maximum absolute atomic E-state index is 12.8. The molecule has 0 saturated carbocycles. The lowest BCUT2D eigenvalue weighted by atomic mass is 9.98. The van der Waals surface area contributed by atoms with E-state index in [1.807, 2.05) is 55.3 Å². The van der Waals surface area contributed by atoms with E-state index >= 15 is 0 Å². The fraction of sp³-hybridized carbons (Fsp3) is 0.231. The molecule has 0 spiro atoms. The fourth-order valence-corrected chi connectivity index (χ4v) is 3.55. The Balaban J connectivity index is 1.96. The Labute approximate surface area is 199 Å². The van der Waals surface area contributed by atoms with Crippen LogP contribution in [0.1, 0.15) is 15.9 Å². The number of methoxy groups -OCH3 is 2. The van der Waals surface area contributed by atoms with Gasteiger partial charge in [-0.15, -0.1) is 0 Å². The summed E-state index contributed by atoms with van der Waals surface area (Å²) in [5, 5.41) is 15.3. The number of hydrogen-bond donors (Lipinski definition) is 3. The summed E-state index contributed by atoms with van der Waals surface area (Å²) in [6.45, 7) is 2.38. The second-order valence-corrected chi connectivity index (χ2v) is 7.81. The van der Waals surface area contributed by atoms with Crippen LogP contribution in [0.5, 0.6) is 0 Å². The second-order valence-electron chi connectivity index (χ2n) is 7.81. The Morgan fingerprint density at radius 3 is 2.29 bits per heavy atom. The number of carboxylic acids is 1. The van der Waals surface area contributed by atoms with Gasteiger partial charge in [0.2, 0.25) is 0 Å². The number of carbonyl (C=O) groups is 2. The number of nitrogens with zero attached hydrogens (tertiary/aromatic N) is 1. The molecule has 0 radical (unpaired) electrons. The minimum absolute atomic E-state index is 0.178. The monoisotopic (exact) mass is 463 g/mol. The molecular formula is C26H29N3O5. The van der Waals surface area contributed by atoms with Crippen LogP contribution >= 0.6 is 0 Å². The van der Waals surface area contributed by atoms with E-state index in [1.165, 1.54) is 0 Å². The number of benzene rings is 3. The first-order chi connectivity index (χ1) is 16.3. The van der Waals surface area contributed by atoms with Gasteiger partial charge in [0.1, 0.15) is 0 Å².